The minimum absolute atomic E-state index is 0.184. The van der Waals surface area contributed by atoms with Crippen LogP contribution in [0.15, 0.2) is 48.8 Å². The molecule has 0 saturated carbocycles. The molecule has 0 spiro atoms. The summed E-state index contributed by atoms with van der Waals surface area (Å²) in [6.45, 7) is 0. The highest BCUT2D eigenvalue weighted by molar-refractivity contribution is 5.29. The molecule has 0 atom stereocenters. The molecule has 0 aliphatic heterocycles. The number of alkyl halides is 3. The van der Waals surface area contributed by atoms with Gasteiger partial charge in [-0.2, -0.15) is 0 Å². The van der Waals surface area contributed by atoms with Gasteiger partial charge in [0.15, 0.2) is 0 Å². The highest BCUT2D eigenvalue weighted by Gasteiger charge is 2.31. The van der Waals surface area contributed by atoms with Gasteiger partial charge < -0.3 is 4.74 Å². The molecule has 1 aromatic heterocycles. The van der Waals surface area contributed by atoms with E-state index in [1.54, 1.807) is 24.5 Å². The van der Waals surface area contributed by atoms with Gasteiger partial charge in [-0.05, 0) is 42.2 Å². The number of ether oxygens (including phenoxy) is 1. The smallest absolute Gasteiger partial charge is 0.406 e. The summed E-state index contributed by atoms with van der Waals surface area (Å²) >= 11 is 0. The molecule has 0 fully saturated rings. The van der Waals surface area contributed by atoms with Gasteiger partial charge in [-0.1, -0.05) is 18.2 Å². The molecule has 100 valence electrons. The number of hydrogen-bond acceptors (Lipinski definition) is 2. The summed E-state index contributed by atoms with van der Waals surface area (Å²) in [5.41, 5.74) is 1.84. The maximum Gasteiger partial charge on any atom is 0.573 e. The minimum atomic E-state index is -4.65. The second-order valence-corrected chi connectivity index (χ2v) is 4.06. The van der Waals surface area contributed by atoms with Crippen molar-refractivity contribution in [2.45, 2.75) is 19.2 Å². The summed E-state index contributed by atoms with van der Waals surface area (Å²) in [5, 5.41) is 0. The fraction of sp³-hybridized carbons (Fsp3) is 0.214. The monoisotopic (exact) mass is 267 g/mol. The van der Waals surface area contributed by atoms with Gasteiger partial charge in [0.25, 0.3) is 0 Å². The van der Waals surface area contributed by atoms with E-state index in [2.05, 4.69) is 9.72 Å². The molecule has 0 radical (unpaired) electrons. The lowest BCUT2D eigenvalue weighted by molar-refractivity contribution is -0.274. The van der Waals surface area contributed by atoms with Crippen molar-refractivity contribution in [2.24, 2.45) is 0 Å². The lowest BCUT2D eigenvalue weighted by Gasteiger charge is -2.10. The fourth-order valence-corrected chi connectivity index (χ4v) is 1.73. The van der Waals surface area contributed by atoms with Gasteiger partial charge in [-0.25, -0.2) is 0 Å². The van der Waals surface area contributed by atoms with Crippen molar-refractivity contribution < 1.29 is 17.9 Å². The Labute approximate surface area is 108 Å². The summed E-state index contributed by atoms with van der Waals surface area (Å²) in [5.74, 6) is -0.184. The highest BCUT2D eigenvalue weighted by atomic mass is 19.4. The van der Waals surface area contributed by atoms with Crippen LogP contribution in [0, 0.1) is 0 Å². The van der Waals surface area contributed by atoms with Crippen molar-refractivity contribution in [1.82, 2.24) is 4.98 Å². The topological polar surface area (TPSA) is 22.1 Å². The molecule has 2 rings (SSSR count). The van der Waals surface area contributed by atoms with E-state index < -0.39 is 6.36 Å². The quantitative estimate of drug-likeness (QED) is 0.841. The van der Waals surface area contributed by atoms with Crippen molar-refractivity contribution in [3.8, 4) is 5.75 Å². The number of pyridine rings is 1. The molecule has 0 amide bonds. The third kappa shape index (κ3) is 4.62. The van der Waals surface area contributed by atoms with Gasteiger partial charge in [0, 0.05) is 12.4 Å². The minimum Gasteiger partial charge on any atom is -0.406 e. The van der Waals surface area contributed by atoms with Gasteiger partial charge in [-0.3, -0.25) is 4.98 Å². The van der Waals surface area contributed by atoms with Crippen molar-refractivity contribution >= 4 is 0 Å². The van der Waals surface area contributed by atoms with Crippen molar-refractivity contribution in [3.05, 3.63) is 59.9 Å². The van der Waals surface area contributed by atoms with E-state index >= 15 is 0 Å². The third-order valence-electron chi connectivity index (χ3n) is 2.56. The third-order valence-corrected chi connectivity index (χ3v) is 2.56. The second-order valence-electron chi connectivity index (χ2n) is 4.06. The number of hydrogen-bond donors (Lipinski definition) is 0. The number of aromatic nitrogens is 1. The standard InChI is InChI=1S/C14H12F3NO/c15-14(16,17)19-13-5-1-3-11(9-13)6-7-12-4-2-8-18-10-12/h1-5,8-10H,6-7H2. The van der Waals surface area contributed by atoms with Crippen LogP contribution >= 0.6 is 0 Å². The maximum absolute atomic E-state index is 12.1. The first kappa shape index (κ1) is 13.4. The van der Waals surface area contributed by atoms with Gasteiger partial charge in [0.1, 0.15) is 5.75 Å². The first-order chi connectivity index (χ1) is 9.03. The van der Waals surface area contributed by atoms with E-state index in [9.17, 15) is 13.2 Å². The number of nitrogens with zero attached hydrogens (tertiary/aromatic N) is 1. The second kappa shape index (κ2) is 5.73. The molecule has 0 bridgehead atoms. The molecular formula is C14H12F3NO. The average Bonchev–Trinajstić information content (AvgIpc) is 2.36. The SMILES string of the molecule is FC(F)(F)Oc1cccc(CCc2cccnc2)c1. The molecule has 1 heterocycles. The average molecular weight is 267 g/mol. The summed E-state index contributed by atoms with van der Waals surface area (Å²) in [6.07, 6.45) is 0.142. The Morgan fingerprint density at radius 3 is 2.42 bits per heavy atom. The predicted octanol–water partition coefficient (Wildman–Crippen LogP) is 3.77. The van der Waals surface area contributed by atoms with Gasteiger partial charge in [0.05, 0.1) is 0 Å². The van der Waals surface area contributed by atoms with Crippen LogP contribution < -0.4 is 4.74 Å². The van der Waals surface area contributed by atoms with Gasteiger partial charge >= 0.3 is 6.36 Å². The predicted molar refractivity (Wildman–Crippen MR) is 64.8 cm³/mol. The normalized spacial score (nSPS) is 11.3. The number of halogens is 3. The molecular weight excluding hydrogens is 255 g/mol. The molecule has 0 unspecified atom stereocenters. The molecule has 2 nitrogen and oxygen atoms in total. The van der Waals surface area contributed by atoms with Crippen molar-refractivity contribution in [3.63, 3.8) is 0 Å². The molecule has 1 aromatic carbocycles. The number of benzene rings is 1. The molecule has 19 heavy (non-hydrogen) atoms. The molecule has 0 aliphatic carbocycles. The van der Waals surface area contributed by atoms with Crippen LogP contribution in [0.5, 0.6) is 5.75 Å². The Balaban J connectivity index is 1.99. The van der Waals surface area contributed by atoms with Crippen LogP contribution in [0.4, 0.5) is 13.2 Å². The van der Waals surface area contributed by atoms with Crippen LogP contribution in [0.3, 0.4) is 0 Å². The largest absolute Gasteiger partial charge is 0.573 e. The summed E-state index contributed by atoms with van der Waals surface area (Å²) in [7, 11) is 0. The van der Waals surface area contributed by atoms with Crippen LogP contribution in [-0.4, -0.2) is 11.3 Å². The van der Waals surface area contributed by atoms with Crippen molar-refractivity contribution in [1.29, 1.82) is 0 Å². The number of aryl methyl sites for hydroxylation is 2. The first-order valence-electron chi connectivity index (χ1n) is 5.76. The van der Waals surface area contributed by atoms with E-state index in [1.165, 1.54) is 12.1 Å². The van der Waals surface area contributed by atoms with E-state index in [-0.39, 0.29) is 5.75 Å². The summed E-state index contributed by atoms with van der Waals surface area (Å²) in [6, 6.07) is 9.80. The molecule has 2 aromatic rings. The van der Waals surface area contributed by atoms with E-state index in [0.717, 1.165) is 17.5 Å². The van der Waals surface area contributed by atoms with E-state index in [1.807, 2.05) is 12.1 Å². The van der Waals surface area contributed by atoms with Crippen LogP contribution in [0.25, 0.3) is 0 Å². The molecule has 5 heteroatoms. The zero-order chi connectivity index (χ0) is 13.7. The van der Waals surface area contributed by atoms with E-state index in [4.69, 9.17) is 0 Å². The Bertz CT molecular complexity index is 526. The van der Waals surface area contributed by atoms with Gasteiger partial charge in [-0.15, -0.1) is 13.2 Å². The highest BCUT2D eigenvalue weighted by Crippen LogP contribution is 2.23. The van der Waals surface area contributed by atoms with Crippen molar-refractivity contribution in [2.75, 3.05) is 0 Å². The van der Waals surface area contributed by atoms with Gasteiger partial charge in [0.2, 0.25) is 0 Å². The zero-order valence-electron chi connectivity index (χ0n) is 10.0. The molecule has 0 saturated heterocycles. The Morgan fingerprint density at radius 1 is 1.00 bits per heavy atom. The lowest BCUT2D eigenvalue weighted by Crippen LogP contribution is -2.17. The number of rotatable bonds is 4. The fourth-order valence-electron chi connectivity index (χ4n) is 1.73. The van der Waals surface area contributed by atoms with Crippen LogP contribution in [-0.2, 0) is 12.8 Å². The summed E-state index contributed by atoms with van der Waals surface area (Å²) < 4.78 is 40.2. The van der Waals surface area contributed by atoms with E-state index in [0.29, 0.717) is 6.42 Å². The van der Waals surface area contributed by atoms with Crippen LogP contribution in [0.2, 0.25) is 0 Å². The Kier molecular flexibility index (Phi) is 4.04. The van der Waals surface area contributed by atoms with Crippen LogP contribution in [0.1, 0.15) is 11.1 Å². The Morgan fingerprint density at radius 2 is 1.74 bits per heavy atom. The Hall–Kier alpha value is -2.04. The first-order valence-corrected chi connectivity index (χ1v) is 5.76. The summed E-state index contributed by atoms with van der Waals surface area (Å²) in [4.78, 5) is 3.99. The lowest BCUT2D eigenvalue weighted by atomic mass is 10.1. The maximum atomic E-state index is 12.1. The zero-order valence-corrected chi connectivity index (χ0v) is 10.0. The molecule has 0 N–H and O–H groups in total. The molecule has 0 aliphatic rings.